The molecular weight excluding hydrogens is 278 g/mol. The zero-order valence-corrected chi connectivity index (χ0v) is 13.9. The van der Waals surface area contributed by atoms with E-state index in [0.717, 1.165) is 57.3 Å². The van der Waals surface area contributed by atoms with Crippen molar-refractivity contribution in [1.82, 2.24) is 5.32 Å². The summed E-state index contributed by atoms with van der Waals surface area (Å²) in [7, 11) is 1.68. The zero-order valence-electron chi connectivity index (χ0n) is 13.9. The van der Waals surface area contributed by atoms with Gasteiger partial charge < -0.3 is 19.5 Å². The van der Waals surface area contributed by atoms with Gasteiger partial charge in [0.15, 0.2) is 11.5 Å². The van der Waals surface area contributed by atoms with Crippen LogP contribution in [0.2, 0.25) is 0 Å². The van der Waals surface area contributed by atoms with Crippen LogP contribution in [-0.2, 0) is 11.3 Å². The van der Waals surface area contributed by atoms with E-state index in [-0.39, 0.29) is 0 Å². The second kappa shape index (κ2) is 9.70. The molecule has 1 heterocycles. The number of hydrogen-bond acceptors (Lipinski definition) is 4. The fourth-order valence-corrected chi connectivity index (χ4v) is 2.66. The molecule has 0 spiro atoms. The minimum Gasteiger partial charge on any atom is -0.493 e. The van der Waals surface area contributed by atoms with Gasteiger partial charge in [-0.05, 0) is 42.9 Å². The van der Waals surface area contributed by atoms with Crippen LogP contribution in [-0.4, -0.2) is 33.5 Å². The largest absolute Gasteiger partial charge is 0.493 e. The molecule has 0 radical (unpaired) electrons. The van der Waals surface area contributed by atoms with Gasteiger partial charge in [-0.3, -0.25) is 0 Å². The summed E-state index contributed by atoms with van der Waals surface area (Å²) < 4.78 is 16.7. The lowest BCUT2D eigenvalue weighted by Gasteiger charge is -2.22. The fourth-order valence-electron chi connectivity index (χ4n) is 2.66. The molecule has 1 atom stereocenters. The smallest absolute Gasteiger partial charge is 0.161 e. The Hall–Kier alpha value is -1.26. The van der Waals surface area contributed by atoms with Crippen molar-refractivity contribution in [3.8, 4) is 11.5 Å². The Morgan fingerprint density at radius 2 is 2.23 bits per heavy atom. The van der Waals surface area contributed by atoms with Gasteiger partial charge in [0.25, 0.3) is 0 Å². The Balaban J connectivity index is 1.83. The number of nitrogens with one attached hydrogen (secondary N) is 1. The minimum atomic E-state index is 0.646. The van der Waals surface area contributed by atoms with Crippen LogP contribution < -0.4 is 14.8 Å². The average Bonchev–Trinajstić information content (AvgIpc) is 2.56. The third kappa shape index (κ3) is 5.50. The molecule has 1 aromatic rings. The molecule has 1 fully saturated rings. The lowest BCUT2D eigenvalue weighted by molar-refractivity contribution is 0.0547. The van der Waals surface area contributed by atoms with Crippen molar-refractivity contribution in [2.24, 2.45) is 5.92 Å². The quantitative estimate of drug-likeness (QED) is 0.710. The second-order valence-corrected chi connectivity index (χ2v) is 5.90. The maximum atomic E-state index is 5.83. The summed E-state index contributed by atoms with van der Waals surface area (Å²) in [4.78, 5) is 0. The van der Waals surface area contributed by atoms with E-state index in [0.29, 0.717) is 5.92 Å². The van der Waals surface area contributed by atoms with Gasteiger partial charge in [-0.25, -0.2) is 0 Å². The number of methoxy groups -OCH3 is 1. The van der Waals surface area contributed by atoms with Crippen molar-refractivity contribution >= 4 is 0 Å². The normalized spacial score (nSPS) is 18.2. The Labute approximate surface area is 134 Å². The molecule has 0 bridgehead atoms. The van der Waals surface area contributed by atoms with E-state index in [1.54, 1.807) is 7.11 Å². The van der Waals surface area contributed by atoms with Crippen LogP contribution in [0.15, 0.2) is 18.2 Å². The zero-order chi connectivity index (χ0) is 15.6. The highest BCUT2D eigenvalue weighted by molar-refractivity contribution is 5.42. The standard InChI is InChI=1S/C18H29NO3/c1-3-4-10-22-18-11-15(7-8-17(18)20-2)12-19-13-16-6-5-9-21-14-16/h7-8,11,16,19H,3-6,9-10,12-14H2,1-2H3. The summed E-state index contributed by atoms with van der Waals surface area (Å²) in [6, 6.07) is 6.16. The SMILES string of the molecule is CCCCOc1cc(CNCC2CCCOC2)ccc1OC. The number of rotatable bonds is 9. The maximum Gasteiger partial charge on any atom is 0.161 e. The highest BCUT2D eigenvalue weighted by Gasteiger charge is 2.13. The molecule has 1 aliphatic heterocycles. The summed E-state index contributed by atoms with van der Waals surface area (Å²) in [5, 5.41) is 3.53. The van der Waals surface area contributed by atoms with Crippen LogP contribution in [0.3, 0.4) is 0 Å². The molecular formula is C18H29NO3. The van der Waals surface area contributed by atoms with Gasteiger partial charge in [-0.2, -0.15) is 0 Å². The average molecular weight is 307 g/mol. The van der Waals surface area contributed by atoms with E-state index in [9.17, 15) is 0 Å². The monoisotopic (exact) mass is 307 g/mol. The molecule has 124 valence electrons. The van der Waals surface area contributed by atoms with E-state index in [1.807, 2.05) is 6.07 Å². The second-order valence-electron chi connectivity index (χ2n) is 5.90. The van der Waals surface area contributed by atoms with Gasteiger partial charge in [-0.1, -0.05) is 19.4 Å². The van der Waals surface area contributed by atoms with Gasteiger partial charge in [0.05, 0.1) is 20.3 Å². The van der Waals surface area contributed by atoms with Crippen molar-refractivity contribution in [2.45, 2.75) is 39.2 Å². The molecule has 4 nitrogen and oxygen atoms in total. The van der Waals surface area contributed by atoms with Gasteiger partial charge in [0, 0.05) is 19.7 Å². The number of benzene rings is 1. The lowest BCUT2D eigenvalue weighted by Crippen LogP contribution is -2.28. The predicted molar refractivity (Wildman–Crippen MR) is 88.6 cm³/mol. The maximum absolute atomic E-state index is 5.83. The van der Waals surface area contributed by atoms with Crippen LogP contribution >= 0.6 is 0 Å². The van der Waals surface area contributed by atoms with Gasteiger partial charge in [-0.15, -0.1) is 0 Å². The summed E-state index contributed by atoms with van der Waals surface area (Å²) in [6.07, 6.45) is 4.64. The third-order valence-electron chi connectivity index (χ3n) is 4.00. The molecule has 22 heavy (non-hydrogen) atoms. The lowest BCUT2D eigenvalue weighted by atomic mass is 10.0. The van der Waals surface area contributed by atoms with Crippen molar-refractivity contribution in [1.29, 1.82) is 0 Å². The summed E-state index contributed by atoms with van der Waals surface area (Å²) in [6.45, 7) is 6.58. The van der Waals surface area contributed by atoms with E-state index in [1.165, 1.54) is 18.4 Å². The van der Waals surface area contributed by atoms with Gasteiger partial charge in [0.1, 0.15) is 0 Å². The highest BCUT2D eigenvalue weighted by Crippen LogP contribution is 2.28. The number of ether oxygens (including phenoxy) is 3. The minimum absolute atomic E-state index is 0.646. The van der Waals surface area contributed by atoms with Crippen molar-refractivity contribution in [3.05, 3.63) is 23.8 Å². The first kappa shape index (κ1) is 17.1. The first-order valence-corrected chi connectivity index (χ1v) is 8.41. The Kier molecular flexibility index (Phi) is 7.54. The van der Waals surface area contributed by atoms with Crippen LogP contribution in [0.1, 0.15) is 38.2 Å². The molecule has 0 saturated carbocycles. The first-order valence-electron chi connectivity index (χ1n) is 8.41. The molecule has 2 rings (SSSR count). The van der Waals surface area contributed by atoms with Gasteiger partial charge in [0.2, 0.25) is 0 Å². The summed E-state index contributed by atoms with van der Waals surface area (Å²) in [5.41, 5.74) is 1.23. The molecule has 0 amide bonds. The third-order valence-corrected chi connectivity index (χ3v) is 4.00. The first-order chi connectivity index (χ1) is 10.8. The molecule has 0 aliphatic carbocycles. The summed E-state index contributed by atoms with van der Waals surface area (Å²) >= 11 is 0. The molecule has 1 aliphatic rings. The fraction of sp³-hybridized carbons (Fsp3) is 0.667. The van der Waals surface area contributed by atoms with Crippen LogP contribution in [0, 0.1) is 5.92 Å². The topological polar surface area (TPSA) is 39.7 Å². The van der Waals surface area contributed by atoms with Crippen LogP contribution in [0.5, 0.6) is 11.5 Å². The molecule has 1 unspecified atom stereocenters. The highest BCUT2D eigenvalue weighted by atomic mass is 16.5. The van der Waals surface area contributed by atoms with Crippen LogP contribution in [0.25, 0.3) is 0 Å². The Bertz CT molecular complexity index is 430. The van der Waals surface area contributed by atoms with E-state index in [2.05, 4.69) is 24.4 Å². The molecule has 1 N–H and O–H groups in total. The van der Waals surface area contributed by atoms with E-state index in [4.69, 9.17) is 14.2 Å². The predicted octanol–water partition coefficient (Wildman–Crippen LogP) is 3.39. The molecule has 1 saturated heterocycles. The van der Waals surface area contributed by atoms with E-state index >= 15 is 0 Å². The molecule has 0 aromatic heterocycles. The van der Waals surface area contributed by atoms with Crippen molar-refractivity contribution in [3.63, 3.8) is 0 Å². The van der Waals surface area contributed by atoms with Gasteiger partial charge >= 0.3 is 0 Å². The molecule has 4 heteroatoms. The van der Waals surface area contributed by atoms with Crippen molar-refractivity contribution < 1.29 is 14.2 Å². The number of unbranched alkanes of at least 4 members (excludes halogenated alkanes) is 1. The Morgan fingerprint density at radius 3 is 2.95 bits per heavy atom. The van der Waals surface area contributed by atoms with E-state index < -0.39 is 0 Å². The molecule has 1 aromatic carbocycles. The van der Waals surface area contributed by atoms with Crippen LogP contribution in [0.4, 0.5) is 0 Å². The van der Waals surface area contributed by atoms with Crippen molar-refractivity contribution in [2.75, 3.05) is 33.5 Å². The Morgan fingerprint density at radius 1 is 1.32 bits per heavy atom. The summed E-state index contributed by atoms with van der Waals surface area (Å²) in [5.74, 6) is 2.30. The number of hydrogen-bond donors (Lipinski definition) is 1.